The Morgan fingerprint density at radius 1 is 0.870 bits per heavy atom. The van der Waals surface area contributed by atoms with E-state index in [0.717, 1.165) is 54.5 Å². The molecule has 46 heavy (non-hydrogen) atoms. The van der Waals surface area contributed by atoms with Gasteiger partial charge in [-0.05, 0) is 93.0 Å². The second kappa shape index (κ2) is 15.4. The monoisotopic (exact) mass is 630 g/mol. The van der Waals surface area contributed by atoms with E-state index < -0.39 is 17.7 Å². The predicted octanol–water partition coefficient (Wildman–Crippen LogP) is 7.04. The number of nitrogens with zero attached hydrogens (tertiary/aromatic N) is 5. The van der Waals surface area contributed by atoms with Crippen LogP contribution in [0.5, 0.6) is 5.75 Å². The van der Waals surface area contributed by atoms with Crippen molar-refractivity contribution in [1.29, 1.82) is 0 Å². The molecule has 0 unspecified atom stereocenters. The van der Waals surface area contributed by atoms with Gasteiger partial charge in [-0.3, -0.25) is 9.69 Å². The van der Waals surface area contributed by atoms with E-state index in [0.29, 0.717) is 23.5 Å². The molecular formula is C35H40F2N6O3. The highest BCUT2D eigenvalue weighted by Crippen LogP contribution is 2.27. The van der Waals surface area contributed by atoms with Gasteiger partial charge in [0.25, 0.3) is 5.91 Å². The number of halogens is 2. The molecule has 2 amide bonds. The third-order valence-corrected chi connectivity index (χ3v) is 7.58. The van der Waals surface area contributed by atoms with Crippen LogP contribution in [0.4, 0.5) is 31.0 Å². The SMILES string of the molecule is CCN(CC)CCN(C)C(=O)c1ccc(Nc2nccc(N(Cc3cc(F)cc(F)c3)C(=O)Oc3c(C)cc(C)cc3C)n2)cc1. The molecule has 0 radical (unpaired) electrons. The van der Waals surface area contributed by atoms with Crippen molar-refractivity contribution in [3.63, 3.8) is 0 Å². The summed E-state index contributed by atoms with van der Waals surface area (Å²) in [4.78, 5) is 40.5. The lowest BCUT2D eigenvalue weighted by atomic mass is 10.1. The summed E-state index contributed by atoms with van der Waals surface area (Å²) in [6.07, 6.45) is 0.680. The Kier molecular flexibility index (Phi) is 11.4. The summed E-state index contributed by atoms with van der Waals surface area (Å²) in [6, 6.07) is 15.3. The smallest absolute Gasteiger partial charge is 0.409 e. The molecule has 0 spiro atoms. The maximum atomic E-state index is 14.1. The number of aryl methyl sites for hydroxylation is 3. The standard InChI is InChI=1S/C35H40F2N6O3/c1-7-42(8-2)16-15-41(6)33(44)27-9-11-30(12-10-27)39-34-38-14-13-31(40-34)43(22-26-19-28(36)21-29(37)20-26)35(45)46-32-24(4)17-23(3)18-25(32)5/h9-14,17-21H,7-8,15-16,22H2,1-6H3,(H,38,39,40). The van der Waals surface area contributed by atoms with Crippen molar-refractivity contribution in [2.24, 2.45) is 0 Å². The van der Waals surface area contributed by atoms with Crippen molar-refractivity contribution < 1.29 is 23.1 Å². The van der Waals surface area contributed by atoms with E-state index in [2.05, 4.69) is 34.0 Å². The van der Waals surface area contributed by atoms with E-state index in [1.165, 1.54) is 17.2 Å². The largest absolute Gasteiger partial charge is 0.421 e. The van der Waals surface area contributed by atoms with Gasteiger partial charge in [0.15, 0.2) is 0 Å². The number of anilines is 3. The van der Waals surface area contributed by atoms with Gasteiger partial charge in [-0.2, -0.15) is 4.98 Å². The molecule has 0 aliphatic carbocycles. The third-order valence-electron chi connectivity index (χ3n) is 7.58. The minimum atomic E-state index is -0.780. The second-order valence-electron chi connectivity index (χ2n) is 11.2. The van der Waals surface area contributed by atoms with Gasteiger partial charge < -0.3 is 19.9 Å². The van der Waals surface area contributed by atoms with Gasteiger partial charge in [0.1, 0.15) is 23.2 Å². The number of benzene rings is 3. The van der Waals surface area contributed by atoms with Gasteiger partial charge in [0.05, 0.1) is 6.54 Å². The molecule has 0 aliphatic heterocycles. The number of carbonyl (C=O) groups is 2. The second-order valence-corrected chi connectivity index (χ2v) is 11.2. The van der Waals surface area contributed by atoms with E-state index in [-0.39, 0.29) is 29.8 Å². The number of carbonyl (C=O) groups excluding carboxylic acids is 2. The van der Waals surface area contributed by atoms with E-state index in [4.69, 9.17) is 4.74 Å². The molecule has 11 heteroatoms. The average molecular weight is 631 g/mol. The molecule has 0 saturated heterocycles. The first-order chi connectivity index (χ1) is 22.0. The van der Waals surface area contributed by atoms with E-state index in [1.807, 2.05) is 32.9 Å². The third kappa shape index (κ3) is 8.85. The average Bonchev–Trinajstić information content (AvgIpc) is 3.01. The highest BCUT2D eigenvalue weighted by Gasteiger charge is 2.23. The van der Waals surface area contributed by atoms with Crippen LogP contribution < -0.4 is 15.0 Å². The summed E-state index contributed by atoms with van der Waals surface area (Å²) in [7, 11) is 1.79. The molecule has 0 saturated carbocycles. The lowest BCUT2D eigenvalue weighted by Gasteiger charge is -2.23. The van der Waals surface area contributed by atoms with Crippen LogP contribution >= 0.6 is 0 Å². The Labute approximate surface area is 268 Å². The Morgan fingerprint density at radius 3 is 2.11 bits per heavy atom. The van der Waals surface area contributed by atoms with Crippen molar-refractivity contribution in [3.8, 4) is 5.75 Å². The highest BCUT2D eigenvalue weighted by atomic mass is 19.1. The minimum Gasteiger partial charge on any atom is -0.409 e. The topological polar surface area (TPSA) is 90.9 Å². The van der Waals surface area contributed by atoms with Gasteiger partial charge in [-0.1, -0.05) is 31.5 Å². The Balaban J connectivity index is 1.55. The van der Waals surface area contributed by atoms with Gasteiger partial charge in [-0.15, -0.1) is 0 Å². The van der Waals surface area contributed by atoms with Gasteiger partial charge in [0, 0.05) is 43.7 Å². The molecule has 0 atom stereocenters. The van der Waals surface area contributed by atoms with Crippen LogP contribution in [0.3, 0.4) is 0 Å². The summed E-state index contributed by atoms with van der Waals surface area (Å²) >= 11 is 0. The van der Waals surface area contributed by atoms with Gasteiger partial charge in [0.2, 0.25) is 5.95 Å². The van der Waals surface area contributed by atoms with E-state index >= 15 is 0 Å². The number of aromatic nitrogens is 2. The summed E-state index contributed by atoms with van der Waals surface area (Å²) < 4.78 is 33.9. The quantitative estimate of drug-likeness (QED) is 0.180. The number of ether oxygens (including phenoxy) is 1. The normalized spacial score (nSPS) is 11.0. The fraction of sp³-hybridized carbons (Fsp3) is 0.314. The first kappa shape index (κ1) is 34.0. The van der Waals surface area contributed by atoms with E-state index in [1.54, 1.807) is 36.2 Å². The molecule has 1 N–H and O–H groups in total. The molecule has 3 aromatic carbocycles. The maximum absolute atomic E-state index is 14.1. The first-order valence-electron chi connectivity index (χ1n) is 15.2. The molecule has 0 aliphatic rings. The molecule has 0 fully saturated rings. The number of amides is 2. The molecule has 4 rings (SSSR count). The molecule has 9 nitrogen and oxygen atoms in total. The summed E-state index contributed by atoms with van der Waals surface area (Å²) in [5.74, 6) is -0.910. The summed E-state index contributed by atoms with van der Waals surface area (Å²) in [5.41, 5.74) is 3.93. The van der Waals surface area contributed by atoms with Crippen LogP contribution in [0, 0.1) is 32.4 Å². The molecular weight excluding hydrogens is 590 g/mol. The van der Waals surface area contributed by atoms with Crippen molar-refractivity contribution in [2.45, 2.75) is 41.2 Å². The van der Waals surface area contributed by atoms with Gasteiger partial charge >= 0.3 is 6.09 Å². The molecule has 0 bridgehead atoms. The zero-order valence-electron chi connectivity index (χ0n) is 27.1. The van der Waals surface area contributed by atoms with Crippen LogP contribution in [-0.4, -0.2) is 65.0 Å². The zero-order valence-corrected chi connectivity index (χ0v) is 27.1. The number of hydrogen-bond donors (Lipinski definition) is 1. The van der Waals surface area contributed by atoms with Crippen molar-refractivity contribution in [1.82, 2.24) is 19.8 Å². The Morgan fingerprint density at radius 2 is 1.50 bits per heavy atom. The molecule has 1 aromatic heterocycles. The Hall–Kier alpha value is -4.90. The number of rotatable bonds is 12. The molecule has 4 aromatic rings. The predicted molar refractivity (Wildman–Crippen MR) is 176 cm³/mol. The van der Waals surface area contributed by atoms with Crippen LogP contribution in [0.15, 0.2) is 66.9 Å². The van der Waals surface area contributed by atoms with Crippen molar-refractivity contribution >= 4 is 29.5 Å². The van der Waals surface area contributed by atoms with Crippen LogP contribution in [0.2, 0.25) is 0 Å². The Bertz CT molecular complexity index is 1630. The number of nitrogens with one attached hydrogen (secondary N) is 1. The summed E-state index contributed by atoms with van der Waals surface area (Å²) in [5, 5.41) is 3.09. The first-order valence-corrected chi connectivity index (χ1v) is 15.2. The van der Waals surface area contributed by atoms with Crippen molar-refractivity contribution in [2.75, 3.05) is 43.4 Å². The van der Waals surface area contributed by atoms with Crippen molar-refractivity contribution in [3.05, 3.63) is 106 Å². The minimum absolute atomic E-state index is 0.0843. The summed E-state index contributed by atoms with van der Waals surface area (Å²) in [6.45, 7) is 12.9. The van der Waals surface area contributed by atoms with Gasteiger partial charge in [-0.25, -0.2) is 18.6 Å². The lowest BCUT2D eigenvalue weighted by Crippen LogP contribution is -2.36. The fourth-order valence-corrected chi connectivity index (χ4v) is 5.13. The van der Waals surface area contributed by atoms with E-state index in [9.17, 15) is 18.4 Å². The fourth-order valence-electron chi connectivity index (χ4n) is 5.13. The highest BCUT2D eigenvalue weighted by molar-refractivity contribution is 5.94. The molecule has 242 valence electrons. The van der Waals surface area contributed by atoms with Crippen LogP contribution in [-0.2, 0) is 6.54 Å². The zero-order chi connectivity index (χ0) is 33.4. The van der Waals surface area contributed by atoms with Crippen LogP contribution in [0.25, 0.3) is 0 Å². The number of hydrogen-bond acceptors (Lipinski definition) is 7. The maximum Gasteiger partial charge on any atom is 0.421 e. The molecule has 1 heterocycles. The van der Waals surface area contributed by atoms with Crippen LogP contribution in [0.1, 0.15) is 46.5 Å². The lowest BCUT2D eigenvalue weighted by molar-refractivity contribution is 0.0779. The number of likely N-dealkylation sites (N-methyl/N-ethyl adjacent to an activating group) is 2.